The zero-order valence-corrected chi connectivity index (χ0v) is 12.1. The van der Waals surface area contributed by atoms with Gasteiger partial charge >= 0.3 is 0 Å². The summed E-state index contributed by atoms with van der Waals surface area (Å²) in [4.78, 5) is 0. The van der Waals surface area contributed by atoms with Crippen LogP contribution in [0.2, 0.25) is 0 Å². The molecule has 0 aromatic heterocycles. The average Bonchev–Trinajstić information content (AvgIpc) is 2.26. The Labute approximate surface area is 113 Å². The fraction of sp³-hybridized carbons (Fsp3) is 0.455. The second-order valence-corrected chi connectivity index (χ2v) is 8.11. The molecular weight excluding hydrogens is 292 g/mol. The van der Waals surface area contributed by atoms with Gasteiger partial charge in [0.05, 0.1) is 19.8 Å². The molecular formula is C11H16O6S2. The van der Waals surface area contributed by atoms with Gasteiger partial charge in [0.25, 0.3) is 10.1 Å². The standard InChI is InChI=1S/C11H16O6S2/c1-18(12,13)10-19(14,15)17-8-7-16-9-11-5-3-2-4-6-11/h2-6H,7-10H2,1H3. The van der Waals surface area contributed by atoms with Crippen LogP contribution >= 0.6 is 0 Å². The van der Waals surface area contributed by atoms with Crippen molar-refractivity contribution in [1.29, 1.82) is 0 Å². The van der Waals surface area contributed by atoms with Crippen LogP contribution < -0.4 is 0 Å². The molecule has 0 heterocycles. The lowest BCUT2D eigenvalue weighted by molar-refractivity contribution is 0.0910. The van der Waals surface area contributed by atoms with E-state index in [0.29, 0.717) is 6.61 Å². The van der Waals surface area contributed by atoms with Gasteiger partial charge in [0.1, 0.15) is 0 Å². The highest BCUT2D eigenvalue weighted by Gasteiger charge is 2.18. The predicted octanol–water partition coefficient (Wildman–Crippen LogP) is 0.552. The highest BCUT2D eigenvalue weighted by Crippen LogP contribution is 2.01. The summed E-state index contributed by atoms with van der Waals surface area (Å²) >= 11 is 0. The smallest absolute Gasteiger partial charge is 0.281 e. The number of benzene rings is 1. The number of hydrogen-bond acceptors (Lipinski definition) is 6. The summed E-state index contributed by atoms with van der Waals surface area (Å²) < 4.78 is 53.8. The summed E-state index contributed by atoms with van der Waals surface area (Å²) in [5.41, 5.74) is 0.960. The van der Waals surface area contributed by atoms with E-state index in [0.717, 1.165) is 11.8 Å². The Morgan fingerprint density at radius 3 is 2.21 bits per heavy atom. The zero-order chi connectivity index (χ0) is 14.4. The van der Waals surface area contributed by atoms with Crippen LogP contribution in [0, 0.1) is 0 Å². The van der Waals surface area contributed by atoms with Crippen molar-refractivity contribution in [3.63, 3.8) is 0 Å². The quantitative estimate of drug-likeness (QED) is 0.515. The Morgan fingerprint density at radius 2 is 1.63 bits per heavy atom. The molecule has 19 heavy (non-hydrogen) atoms. The zero-order valence-electron chi connectivity index (χ0n) is 10.5. The first-order valence-corrected chi connectivity index (χ1v) is 9.09. The molecule has 0 unspecified atom stereocenters. The van der Waals surface area contributed by atoms with Crippen molar-refractivity contribution in [3.05, 3.63) is 35.9 Å². The van der Waals surface area contributed by atoms with Crippen molar-refractivity contribution in [1.82, 2.24) is 0 Å². The molecule has 0 spiro atoms. The van der Waals surface area contributed by atoms with Crippen molar-refractivity contribution in [2.45, 2.75) is 6.61 Å². The van der Waals surface area contributed by atoms with Gasteiger partial charge in [-0.3, -0.25) is 4.18 Å². The van der Waals surface area contributed by atoms with Gasteiger partial charge in [-0.1, -0.05) is 30.3 Å². The van der Waals surface area contributed by atoms with E-state index in [1.165, 1.54) is 0 Å². The van der Waals surface area contributed by atoms with Crippen LogP contribution in [0.4, 0.5) is 0 Å². The second kappa shape index (κ2) is 6.99. The SMILES string of the molecule is CS(=O)(=O)CS(=O)(=O)OCCOCc1ccccc1. The van der Waals surface area contributed by atoms with Crippen LogP contribution in [0.25, 0.3) is 0 Å². The van der Waals surface area contributed by atoms with Crippen LogP contribution in [0.3, 0.4) is 0 Å². The van der Waals surface area contributed by atoms with Gasteiger partial charge < -0.3 is 4.74 Å². The van der Waals surface area contributed by atoms with Crippen molar-refractivity contribution < 1.29 is 25.8 Å². The molecule has 6 nitrogen and oxygen atoms in total. The maximum atomic E-state index is 11.2. The Morgan fingerprint density at radius 1 is 1.00 bits per heavy atom. The second-order valence-electron chi connectivity index (χ2n) is 3.96. The topological polar surface area (TPSA) is 86.7 Å². The molecule has 1 rings (SSSR count). The molecule has 0 amide bonds. The Kier molecular flexibility index (Phi) is 5.92. The van der Waals surface area contributed by atoms with Crippen molar-refractivity contribution in [3.8, 4) is 0 Å². The third-order valence-electron chi connectivity index (χ3n) is 1.96. The van der Waals surface area contributed by atoms with E-state index in [9.17, 15) is 16.8 Å². The lowest BCUT2D eigenvalue weighted by atomic mass is 10.2. The van der Waals surface area contributed by atoms with Gasteiger partial charge in [-0.05, 0) is 5.56 Å². The maximum Gasteiger partial charge on any atom is 0.281 e. The van der Waals surface area contributed by atoms with E-state index in [1.807, 2.05) is 30.3 Å². The van der Waals surface area contributed by atoms with E-state index in [4.69, 9.17) is 4.74 Å². The normalized spacial score (nSPS) is 12.5. The van der Waals surface area contributed by atoms with Gasteiger partial charge in [0.2, 0.25) is 0 Å². The van der Waals surface area contributed by atoms with E-state index >= 15 is 0 Å². The maximum absolute atomic E-state index is 11.2. The Hall–Kier alpha value is -0.960. The molecule has 0 aliphatic heterocycles. The first kappa shape index (κ1) is 16.1. The third-order valence-corrected chi connectivity index (χ3v) is 5.35. The monoisotopic (exact) mass is 308 g/mol. The summed E-state index contributed by atoms with van der Waals surface area (Å²) in [6.07, 6.45) is 0.833. The van der Waals surface area contributed by atoms with Gasteiger partial charge in [-0.15, -0.1) is 0 Å². The summed E-state index contributed by atoms with van der Waals surface area (Å²) in [7, 11) is -7.67. The minimum atomic E-state index is -4.05. The first-order chi connectivity index (χ1) is 8.79. The van der Waals surface area contributed by atoms with Gasteiger partial charge in [-0.25, -0.2) is 8.42 Å². The lowest BCUT2D eigenvalue weighted by Gasteiger charge is -2.06. The van der Waals surface area contributed by atoms with Gasteiger partial charge in [0, 0.05) is 6.26 Å². The van der Waals surface area contributed by atoms with E-state index < -0.39 is 25.0 Å². The molecule has 0 saturated carbocycles. The number of ether oxygens (including phenoxy) is 1. The number of sulfone groups is 1. The highest BCUT2D eigenvalue weighted by atomic mass is 32.3. The van der Waals surface area contributed by atoms with Crippen LogP contribution in [-0.4, -0.2) is 41.4 Å². The Bertz CT molecular complexity index is 577. The molecule has 0 bridgehead atoms. The van der Waals surface area contributed by atoms with Gasteiger partial charge in [-0.2, -0.15) is 8.42 Å². The molecule has 0 aliphatic carbocycles. The van der Waals surface area contributed by atoms with Crippen LogP contribution in [0.1, 0.15) is 5.56 Å². The molecule has 0 aliphatic rings. The average molecular weight is 308 g/mol. The minimum absolute atomic E-state index is 0.0673. The van der Waals surface area contributed by atoms with E-state index in [1.54, 1.807) is 0 Å². The van der Waals surface area contributed by atoms with Crippen LogP contribution in [-0.2, 0) is 35.5 Å². The van der Waals surface area contributed by atoms with Crippen molar-refractivity contribution in [2.24, 2.45) is 0 Å². The fourth-order valence-corrected chi connectivity index (χ4v) is 3.97. The molecule has 0 N–H and O–H groups in total. The fourth-order valence-electron chi connectivity index (χ4n) is 1.28. The molecule has 1 aromatic carbocycles. The largest absolute Gasteiger partial charge is 0.374 e. The van der Waals surface area contributed by atoms with Crippen molar-refractivity contribution >= 4 is 20.0 Å². The minimum Gasteiger partial charge on any atom is -0.374 e. The Balaban J connectivity index is 2.24. The number of rotatable bonds is 8. The lowest BCUT2D eigenvalue weighted by Crippen LogP contribution is -2.19. The molecule has 0 saturated heterocycles. The molecule has 1 aromatic rings. The van der Waals surface area contributed by atoms with Gasteiger partial charge in [0.15, 0.2) is 14.9 Å². The van der Waals surface area contributed by atoms with Crippen LogP contribution in [0.5, 0.6) is 0 Å². The summed E-state index contributed by atoms with van der Waals surface area (Å²) in [6.45, 7) is 0.207. The van der Waals surface area contributed by atoms with Crippen LogP contribution in [0.15, 0.2) is 30.3 Å². The summed E-state index contributed by atoms with van der Waals surface area (Å²) in [6, 6.07) is 9.37. The van der Waals surface area contributed by atoms with E-state index in [-0.39, 0.29) is 13.2 Å². The molecule has 0 fully saturated rings. The molecule has 0 atom stereocenters. The summed E-state index contributed by atoms with van der Waals surface area (Å²) in [5.74, 6) is 0. The number of hydrogen-bond donors (Lipinski definition) is 0. The third kappa shape index (κ3) is 7.93. The first-order valence-electron chi connectivity index (χ1n) is 5.45. The summed E-state index contributed by atoms with van der Waals surface area (Å²) in [5, 5.41) is -1.02. The van der Waals surface area contributed by atoms with E-state index in [2.05, 4.69) is 4.18 Å². The van der Waals surface area contributed by atoms with Crippen molar-refractivity contribution in [2.75, 3.05) is 24.6 Å². The molecule has 8 heteroatoms. The molecule has 0 radical (unpaired) electrons. The molecule has 108 valence electrons. The predicted molar refractivity (Wildman–Crippen MR) is 70.7 cm³/mol. The highest BCUT2D eigenvalue weighted by molar-refractivity contribution is 8.05.